The summed E-state index contributed by atoms with van der Waals surface area (Å²) < 4.78 is 2.84. The second-order valence-corrected chi connectivity index (χ2v) is 5.71. The third-order valence-electron chi connectivity index (χ3n) is 3.45. The van der Waals surface area contributed by atoms with Crippen molar-refractivity contribution in [3.05, 3.63) is 53.6 Å². The first kappa shape index (κ1) is 12.5. The van der Waals surface area contributed by atoms with Crippen LogP contribution in [-0.4, -0.2) is 14.6 Å². The minimum atomic E-state index is 0.363. The van der Waals surface area contributed by atoms with E-state index in [1.165, 1.54) is 11.3 Å². The number of nitrogens with zero attached hydrogens (tertiary/aromatic N) is 5. The monoisotopic (exact) mass is 301 g/mol. The van der Waals surface area contributed by atoms with Crippen LogP contribution >= 0.6 is 11.3 Å². The maximum Gasteiger partial charge on any atom is 0.217 e. The van der Waals surface area contributed by atoms with Gasteiger partial charge in [-0.25, -0.2) is 0 Å². The van der Waals surface area contributed by atoms with Crippen LogP contribution in [0.4, 0.5) is 0 Å². The summed E-state index contributed by atoms with van der Waals surface area (Å²) in [6, 6.07) is 17.4. The standard InChI is InChI=1S/C16H7N5S/c17-8-11-6-13-14(7-12(11)9-18)22-16-20-19-15(21(13)16)10-4-2-1-3-5-10/h1-7H. The van der Waals surface area contributed by atoms with Gasteiger partial charge in [0.1, 0.15) is 12.1 Å². The molecule has 0 amide bonds. The Bertz CT molecular complexity index is 1090. The topological polar surface area (TPSA) is 77.8 Å². The largest absolute Gasteiger partial charge is 0.265 e. The van der Waals surface area contributed by atoms with Gasteiger partial charge in [-0.15, -0.1) is 10.2 Å². The lowest BCUT2D eigenvalue weighted by Crippen LogP contribution is -1.90. The molecule has 0 aliphatic rings. The Morgan fingerprint density at radius 2 is 1.68 bits per heavy atom. The second-order valence-electron chi connectivity index (χ2n) is 4.70. The lowest BCUT2D eigenvalue weighted by molar-refractivity contribution is 1.12. The Morgan fingerprint density at radius 3 is 2.41 bits per heavy atom. The average Bonchev–Trinajstić information content (AvgIpc) is 3.13. The van der Waals surface area contributed by atoms with Crippen LogP contribution in [0.5, 0.6) is 0 Å². The van der Waals surface area contributed by atoms with E-state index in [2.05, 4.69) is 22.3 Å². The van der Waals surface area contributed by atoms with Crippen molar-refractivity contribution in [3.8, 4) is 23.5 Å². The van der Waals surface area contributed by atoms with Gasteiger partial charge in [0.25, 0.3) is 0 Å². The van der Waals surface area contributed by atoms with Gasteiger partial charge >= 0.3 is 0 Å². The Balaban J connectivity index is 2.11. The summed E-state index contributed by atoms with van der Waals surface area (Å²) in [5.74, 6) is 0.732. The van der Waals surface area contributed by atoms with Gasteiger partial charge in [-0.05, 0) is 12.1 Å². The molecular weight excluding hydrogens is 294 g/mol. The molecule has 0 aliphatic heterocycles. The molecule has 2 aromatic carbocycles. The maximum absolute atomic E-state index is 9.22. The van der Waals surface area contributed by atoms with E-state index in [1.807, 2.05) is 34.7 Å². The van der Waals surface area contributed by atoms with Gasteiger partial charge in [0.2, 0.25) is 4.96 Å². The van der Waals surface area contributed by atoms with E-state index in [4.69, 9.17) is 5.26 Å². The van der Waals surface area contributed by atoms with Crippen LogP contribution < -0.4 is 0 Å². The van der Waals surface area contributed by atoms with E-state index >= 15 is 0 Å². The molecule has 0 N–H and O–H groups in total. The zero-order valence-electron chi connectivity index (χ0n) is 11.2. The molecule has 0 fully saturated rings. The molecule has 102 valence electrons. The third kappa shape index (κ3) is 1.69. The average molecular weight is 301 g/mol. The molecule has 4 aromatic rings. The molecule has 0 bridgehead atoms. The molecule has 22 heavy (non-hydrogen) atoms. The van der Waals surface area contributed by atoms with Crippen LogP contribution in [-0.2, 0) is 0 Å². The Kier molecular flexibility index (Phi) is 2.65. The number of fused-ring (bicyclic) bond motifs is 3. The van der Waals surface area contributed by atoms with E-state index in [1.54, 1.807) is 12.1 Å². The number of thiazole rings is 1. The predicted molar refractivity (Wildman–Crippen MR) is 83.2 cm³/mol. The number of rotatable bonds is 1. The molecule has 0 atom stereocenters. The minimum absolute atomic E-state index is 0.363. The smallest absolute Gasteiger partial charge is 0.217 e. The highest BCUT2D eigenvalue weighted by atomic mass is 32.1. The summed E-state index contributed by atoms with van der Waals surface area (Å²) in [4.78, 5) is 0.743. The van der Waals surface area contributed by atoms with Crippen molar-refractivity contribution in [3.63, 3.8) is 0 Å². The third-order valence-corrected chi connectivity index (χ3v) is 4.44. The van der Waals surface area contributed by atoms with Gasteiger partial charge in [0.15, 0.2) is 5.82 Å². The molecule has 4 rings (SSSR count). The second kappa shape index (κ2) is 4.66. The number of nitriles is 2. The summed E-state index contributed by atoms with van der Waals surface area (Å²) in [5.41, 5.74) is 2.55. The predicted octanol–water partition coefficient (Wildman–Crippen LogP) is 3.35. The van der Waals surface area contributed by atoms with Crippen LogP contribution in [0.25, 0.3) is 26.6 Å². The summed E-state index contributed by atoms with van der Waals surface area (Å²) >= 11 is 1.45. The highest BCUT2D eigenvalue weighted by molar-refractivity contribution is 7.23. The SMILES string of the molecule is N#Cc1cc2sc3nnc(-c4ccccc4)n3c2cc1C#N. The fourth-order valence-electron chi connectivity index (χ4n) is 2.44. The van der Waals surface area contributed by atoms with Gasteiger partial charge in [-0.2, -0.15) is 10.5 Å². The Hall–Kier alpha value is -3.22. The molecule has 0 radical (unpaired) electrons. The minimum Gasteiger partial charge on any atom is -0.265 e. The normalized spacial score (nSPS) is 10.6. The summed E-state index contributed by atoms with van der Waals surface area (Å²) in [6.07, 6.45) is 0. The fraction of sp³-hybridized carbons (Fsp3) is 0. The van der Waals surface area contributed by atoms with Crippen molar-refractivity contribution < 1.29 is 0 Å². The lowest BCUT2D eigenvalue weighted by Gasteiger charge is -2.00. The zero-order chi connectivity index (χ0) is 15.1. The Morgan fingerprint density at radius 1 is 0.955 bits per heavy atom. The highest BCUT2D eigenvalue weighted by Crippen LogP contribution is 2.31. The van der Waals surface area contributed by atoms with E-state index in [0.717, 1.165) is 26.6 Å². The molecule has 2 heterocycles. The molecule has 6 heteroatoms. The molecular formula is C16H7N5S. The fourth-order valence-corrected chi connectivity index (χ4v) is 3.42. The van der Waals surface area contributed by atoms with Crippen molar-refractivity contribution in [2.75, 3.05) is 0 Å². The first-order valence-corrected chi connectivity index (χ1v) is 7.31. The number of aromatic nitrogens is 3. The first-order chi connectivity index (χ1) is 10.8. The molecule has 0 aliphatic carbocycles. The van der Waals surface area contributed by atoms with Crippen molar-refractivity contribution in [1.29, 1.82) is 10.5 Å². The lowest BCUT2D eigenvalue weighted by atomic mass is 10.1. The molecule has 2 aromatic heterocycles. The van der Waals surface area contributed by atoms with Crippen molar-refractivity contribution in [2.24, 2.45) is 0 Å². The summed E-state index contributed by atoms with van der Waals surface area (Å²) in [6.45, 7) is 0. The van der Waals surface area contributed by atoms with Crippen molar-refractivity contribution in [1.82, 2.24) is 14.6 Å². The van der Waals surface area contributed by atoms with E-state index in [9.17, 15) is 5.26 Å². The van der Waals surface area contributed by atoms with Gasteiger partial charge in [0, 0.05) is 5.56 Å². The molecule has 0 unspecified atom stereocenters. The first-order valence-electron chi connectivity index (χ1n) is 6.49. The number of hydrogen-bond donors (Lipinski definition) is 0. The number of hydrogen-bond acceptors (Lipinski definition) is 5. The van der Waals surface area contributed by atoms with Crippen LogP contribution in [0.1, 0.15) is 11.1 Å². The van der Waals surface area contributed by atoms with Crippen LogP contribution in [0.15, 0.2) is 42.5 Å². The van der Waals surface area contributed by atoms with Gasteiger partial charge in [-0.3, -0.25) is 4.40 Å². The molecule has 0 saturated carbocycles. The Labute approximate surface area is 129 Å². The van der Waals surface area contributed by atoms with Crippen LogP contribution in [0.2, 0.25) is 0 Å². The highest BCUT2D eigenvalue weighted by Gasteiger charge is 2.16. The van der Waals surface area contributed by atoms with Crippen molar-refractivity contribution >= 4 is 26.5 Å². The summed E-state index contributed by atoms with van der Waals surface area (Å²) in [7, 11) is 0. The van der Waals surface area contributed by atoms with E-state index in [-0.39, 0.29) is 0 Å². The van der Waals surface area contributed by atoms with Gasteiger partial charge in [0.05, 0.1) is 21.3 Å². The van der Waals surface area contributed by atoms with E-state index < -0.39 is 0 Å². The van der Waals surface area contributed by atoms with Gasteiger partial charge in [-0.1, -0.05) is 41.7 Å². The number of benzene rings is 2. The maximum atomic E-state index is 9.22. The zero-order valence-corrected chi connectivity index (χ0v) is 12.0. The van der Waals surface area contributed by atoms with Crippen molar-refractivity contribution in [2.45, 2.75) is 0 Å². The molecule has 5 nitrogen and oxygen atoms in total. The summed E-state index contributed by atoms with van der Waals surface area (Å²) in [5, 5.41) is 26.8. The molecule has 0 spiro atoms. The van der Waals surface area contributed by atoms with Gasteiger partial charge < -0.3 is 0 Å². The van der Waals surface area contributed by atoms with Crippen LogP contribution in [0.3, 0.4) is 0 Å². The van der Waals surface area contributed by atoms with E-state index in [0.29, 0.717) is 11.1 Å². The van der Waals surface area contributed by atoms with Crippen LogP contribution in [0, 0.1) is 22.7 Å². The molecule has 0 saturated heterocycles. The quantitative estimate of drug-likeness (QED) is 0.540.